The van der Waals surface area contributed by atoms with E-state index >= 15 is 0 Å². The van der Waals surface area contributed by atoms with Gasteiger partial charge in [-0.2, -0.15) is 0 Å². The number of esters is 1. The van der Waals surface area contributed by atoms with Gasteiger partial charge in [0.2, 0.25) is 0 Å². The molecule has 2 aliphatic rings. The van der Waals surface area contributed by atoms with E-state index in [-0.39, 0.29) is 18.1 Å². The number of rotatable bonds is 5. The summed E-state index contributed by atoms with van der Waals surface area (Å²) in [4.78, 5) is 27.6. The van der Waals surface area contributed by atoms with Gasteiger partial charge in [0.15, 0.2) is 0 Å². The molecular weight excluding hydrogens is 404 g/mol. The highest BCUT2D eigenvalue weighted by atomic mass is 16.6. The number of carbonyl (C=O) groups is 2. The van der Waals surface area contributed by atoms with Crippen molar-refractivity contribution in [1.29, 1.82) is 0 Å². The predicted octanol–water partition coefficient (Wildman–Crippen LogP) is 3.70. The molecule has 2 heterocycles. The number of hydrogen-bond donors (Lipinski definition) is 2. The van der Waals surface area contributed by atoms with E-state index in [0.29, 0.717) is 13.0 Å². The first-order valence-corrected chi connectivity index (χ1v) is 11.3. The van der Waals surface area contributed by atoms with Crippen molar-refractivity contribution in [2.75, 3.05) is 0 Å². The van der Waals surface area contributed by atoms with Crippen LogP contribution in [0.2, 0.25) is 0 Å². The molecule has 32 heavy (non-hydrogen) atoms. The van der Waals surface area contributed by atoms with Crippen LogP contribution in [0.1, 0.15) is 56.3 Å². The summed E-state index contributed by atoms with van der Waals surface area (Å²) in [6.07, 6.45) is 2.03. The highest BCUT2D eigenvalue weighted by Gasteiger charge is 2.46. The Kier molecular flexibility index (Phi) is 6.35. The molecule has 0 aliphatic carbocycles. The second-order valence-electron chi connectivity index (χ2n) is 9.79. The lowest BCUT2D eigenvalue weighted by Gasteiger charge is -2.42. The lowest BCUT2D eigenvalue weighted by atomic mass is 9.90. The quantitative estimate of drug-likeness (QED) is 0.696. The van der Waals surface area contributed by atoms with Crippen LogP contribution in [-0.4, -0.2) is 45.7 Å². The summed E-state index contributed by atoms with van der Waals surface area (Å²) in [5.41, 5.74) is 2.62. The molecule has 1 unspecified atom stereocenters. The van der Waals surface area contributed by atoms with Crippen molar-refractivity contribution in [3.8, 4) is 0 Å². The summed E-state index contributed by atoms with van der Waals surface area (Å²) in [6, 6.07) is 16.5. The second kappa shape index (κ2) is 9.04. The van der Waals surface area contributed by atoms with Gasteiger partial charge >= 0.3 is 11.9 Å². The van der Waals surface area contributed by atoms with Gasteiger partial charge in [0.25, 0.3) is 0 Å². The van der Waals surface area contributed by atoms with Crippen LogP contribution in [0.5, 0.6) is 0 Å². The highest BCUT2D eigenvalue weighted by molar-refractivity contribution is 5.80. The van der Waals surface area contributed by atoms with E-state index in [9.17, 15) is 14.7 Å². The maximum Gasteiger partial charge on any atom is 0.325 e. The van der Waals surface area contributed by atoms with Crippen LogP contribution in [0.4, 0.5) is 0 Å². The van der Waals surface area contributed by atoms with Crippen molar-refractivity contribution in [3.63, 3.8) is 0 Å². The standard InChI is InChI=1S/C26H32N2O4/c1-26(2,3)32-25(31)23(21-14-13-20(27-21)17-9-5-4-6-10-17)28-16-19-12-8-7-11-18(19)15-22(28)24(29)30/h4-12,20-23,27H,13-16H2,1-3H3,(H,29,30)/t20-,21+,22+,23?/m0/s1. The Morgan fingerprint density at radius 1 is 1.03 bits per heavy atom. The molecule has 170 valence electrons. The van der Waals surface area contributed by atoms with Gasteiger partial charge in [0, 0.05) is 18.6 Å². The summed E-state index contributed by atoms with van der Waals surface area (Å²) in [5, 5.41) is 13.7. The molecule has 6 heteroatoms. The number of fused-ring (bicyclic) bond motifs is 1. The number of nitrogens with one attached hydrogen (secondary N) is 1. The van der Waals surface area contributed by atoms with Crippen molar-refractivity contribution >= 4 is 11.9 Å². The molecule has 6 nitrogen and oxygen atoms in total. The zero-order valence-electron chi connectivity index (χ0n) is 19.0. The maximum absolute atomic E-state index is 13.5. The molecule has 2 aromatic rings. The van der Waals surface area contributed by atoms with Crippen molar-refractivity contribution in [1.82, 2.24) is 10.2 Å². The van der Waals surface area contributed by atoms with Crippen molar-refractivity contribution in [2.45, 2.75) is 76.3 Å². The van der Waals surface area contributed by atoms with Gasteiger partial charge in [-0.15, -0.1) is 0 Å². The van der Waals surface area contributed by atoms with Gasteiger partial charge in [-0.1, -0.05) is 54.6 Å². The predicted molar refractivity (Wildman–Crippen MR) is 122 cm³/mol. The van der Waals surface area contributed by atoms with Gasteiger partial charge < -0.3 is 15.2 Å². The molecule has 4 atom stereocenters. The van der Waals surface area contributed by atoms with E-state index in [2.05, 4.69) is 17.4 Å². The molecular formula is C26H32N2O4. The molecule has 1 saturated heterocycles. The molecule has 2 aliphatic heterocycles. The first-order valence-electron chi connectivity index (χ1n) is 11.3. The minimum absolute atomic E-state index is 0.131. The van der Waals surface area contributed by atoms with E-state index in [1.54, 1.807) is 0 Å². The second-order valence-corrected chi connectivity index (χ2v) is 9.79. The topological polar surface area (TPSA) is 78.9 Å². The van der Waals surface area contributed by atoms with E-state index in [4.69, 9.17) is 4.74 Å². The summed E-state index contributed by atoms with van der Waals surface area (Å²) >= 11 is 0. The van der Waals surface area contributed by atoms with E-state index in [0.717, 1.165) is 24.0 Å². The molecule has 4 rings (SSSR count). The highest BCUT2D eigenvalue weighted by Crippen LogP contribution is 2.33. The SMILES string of the molecule is CC(C)(C)OC(=O)C([C@H]1CC[C@@H](c2ccccc2)N1)N1Cc2ccccc2C[C@@H]1C(=O)O. The van der Waals surface area contributed by atoms with E-state index < -0.39 is 23.7 Å². The van der Waals surface area contributed by atoms with Crippen molar-refractivity contribution < 1.29 is 19.4 Å². The van der Waals surface area contributed by atoms with Gasteiger partial charge in [-0.25, -0.2) is 0 Å². The lowest BCUT2D eigenvalue weighted by Crippen LogP contribution is -2.60. The molecule has 1 fully saturated rings. The third kappa shape index (κ3) is 4.87. The van der Waals surface area contributed by atoms with Crippen molar-refractivity contribution in [2.24, 2.45) is 0 Å². The lowest BCUT2D eigenvalue weighted by molar-refractivity contribution is -0.166. The van der Waals surface area contributed by atoms with Crippen LogP contribution < -0.4 is 5.32 Å². The first-order chi connectivity index (χ1) is 15.2. The fourth-order valence-electron chi connectivity index (χ4n) is 4.93. The van der Waals surface area contributed by atoms with Gasteiger partial charge in [0.1, 0.15) is 17.7 Å². The van der Waals surface area contributed by atoms with Crippen LogP contribution >= 0.6 is 0 Å². The molecule has 2 N–H and O–H groups in total. The van der Waals surface area contributed by atoms with Crippen LogP contribution in [0.3, 0.4) is 0 Å². The number of hydrogen-bond acceptors (Lipinski definition) is 5. The van der Waals surface area contributed by atoms with Crippen LogP contribution in [-0.2, 0) is 27.3 Å². The van der Waals surface area contributed by atoms with Crippen LogP contribution in [0, 0.1) is 0 Å². The Labute approximate surface area is 189 Å². The molecule has 0 spiro atoms. The molecule has 0 saturated carbocycles. The normalized spacial score (nSPS) is 24.5. The number of carboxylic acids is 1. The van der Waals surface area contributed by atoms with E-state index in [1.165, 1.54) is 5.56 Å². The Morgan fingerprint density at radius 3 is 2.34 bits per heavy atom. The summed E-state index contributed by atoms with van der Waals surface area (Å²) in [5.74, 6) is -1.28. The Bertz CT molecular complexity index is 969. The van der Waals surface area contributed by atoms with Gasteiger partial charge in [-0.3, -0.25) is 14.5 Å². The van der Waals surface area contributed by atoms with Crippen molar-refractivity contribution in [3.05, 3.63) is 71.3 Å². The number of aliphatic carboxylic acids is 1. The zero-order valence-corrected chi connectivity index (χ0v) is 19.0. The Morgan fingerprint density at radius 2 is 1.69 bits per heavy atom. The third-order valence-corrected chi connectivity index (χ3v) is 6.34. The smallest absolute Gasteiger partial charge is 0.325 e. The van der Waals surface area contributed by atoms with Crippen LogP contribution in [0.25, 0.3) is 0 Å². The maximum atomic E-state index is 13.5. The van der Waals surface area contributed by atoms with E-state index in [1.807, 2.05) is 68.1 Å². The van der Waals surface area contributed by atoms with Crippen LogP contribution in [0.15, 0.2) is 54.6 Å². The molecule has 2 aromatic carbocycles. The van der Waals surface area contributed by atoms with Gasteiger partial charge in [0.05, 0.1) is 0 Å². The fourth-order valence-corrected chi connectivity index (χ4v) is 4.93. The molecule has 0 radical (unpaired) electrons. The number of nitrogens with zero attached hydrogens (tertiary/aromatic N) is 1. The number of carbonyl (C=O) groups excluding carboxylic acids is 1. The monoisotopic (exact) mass is 436 g/mol. The molecule has 0 aromatic heterocycles. The Balaban J connectivity index is 1.66. The zero-order chi connectivity index (χ0) is 22.9. The third-order valence-electron chi connectivity index (χ3n) is 6.34. The first kappa shape index (κ1) is 22.5. The number of ether oxygens (including phenoxy) is 1. The summed E-state index contributed by atoms with van der Waals surface area (Å²) < 4.78 is 5.81. The fraction of sp³-hybridized carbons (Fsp3) is 0.462. The average Bonchev–Trinajstić information content (AvgIpc) is 3.22. The average molecular weight is 437 g/mol. The summed E-state index contributed by atoms with van der Waals surface area (Å²) in [6.45, 7) is 5.94. The summed E-state index contributed by atoms with van der Waals surface area (Å²) in [7, 11) is 0. The number of benzene rings is 2. The minimum atomic E-state index is -0.911. The Hall–Kier alpha value is -2.70. The molecule has 0 amide bonds. The minimum Gasteiger partial charge on any atom is -0.480 e. The number of carboxylic acid groups (broad SMARTS) is 1. The van der Waals surface area contributed by atoms with Gasteiger partial charge in [-0.05, 0) is 56.7 Å². The largest absolute Gasteiger partial charge is 0.480 e. The molecule has 0 bridgehead atoms.